The summed E-state index contributed by atoms with van der Waals surface area (Å²) in [7, 11) is 2.03. The van der Waals surface area contributed by atoms with Crippen LogP contribution in [0.1, 0.15) is 5.56 Å². The Morgan fingerprint density at radius 1 is 1.03 bits per heavy atom. The number of carbonyl (C=O) groups is 1. The van der Waals surface area contributed by atoms with Crippen molar-refractivity contribution in [3.05, 3.63) is 48.3 Å². The predicted octanol–water partition coefficient (Wildman–Crippen LogP) is 1.70. The molecule has 0 atom stereocenters. The zero-order chi connectivity index (χ0) is 21.2. The first kappa shape index (κ1) is 19.8. The van der Waals surface area contributed by atoms with Crippen LogP contribution < -0.4 is 9.80 Å². The molecule has 0 unspecified atom stereocenters. The molecular formula is C23H28N6O2. The first-order chi connectivity index (χ1) is 15.2. The maximum Gasteiger partial charge on any atom is 0.227 e. The van der Waals surface area contributed by atoms with Gasteiger partial charge in [0.25, 0.3) is 0 Å². The third kappa shape index (κ3) is 4.07. The molecule has 2 aliphatic rings. The fourth-order valence-corrected chi connectivity index (χ4v) is 4.52. The van der Waals surface area contributed by atoms with E-state index in [0.29, 0.717) is 6.42 Å². The van der Waals surface area contributed by atoms with Gasteiger partial charge in [-0.1, -0.05) is 18.2 Å². The molecule has 2 saturated heterocycles. The number of ether oxygens (including phenoxy) is 1. The lowest BCUT2D eigenvalue weighted by Crippen LogP contribution is -2.49. The molecule has 0 aliphatic carbocycles. The van der Waals surface area contributed by atoms with E-state index < -0.39 is 0 Å². The molecule has 0 bridgehead atoms. The maximum atomic E-state index is 13.0. The van der Waals surface area contributed by atoms with Crippen LogP contribution in [0.2, 0.25) is 0 Å². The van der Waals surface area contributed by atoms with Gasteiger partial charge in [0, 0.05) is 69.5 Å². The van der Waals surface area contributed by atoms with Gasteiger partial charge >= 0.3 is 0 Å². The monoisotopic (exact) mass is 420 g/mol. The number of fused-ring (bicyclic) bond motifs is 1. The summed E-state index contributed by atoms with van der Waals surface area (Å²) < 4.78 is 7.53. The van der Waals surface area contributed by atoms with Crippen molar-refractivity contribution in [2.75, 3.05) is 62.3 Å². The molecular weight excluding hydrogens is 392 g/mol. The summed E-state index contributed by atoms with van der Waals surface area (Å²) >= 11 is 0. The molecule has 8 heteroatoms. The van der Waals surface area contributed by atoms with Crippen LogP contribution in [-0.2, 0) is 23.0 Å². The summed E-state index contributed by atoms with van der Waals surface area (Å²) in [5.41, 5.74) is 3.33. The topological polar surface area (TPSA) is 66.7 Å². The molecule has 162 valence electrons. The summed E-state index contributed by atoms with van der Waals surface area (Å²) in [5.74, 6) is 1.09. The number of anilines is 2. The van der Waals surface area contributed by atoms with E-state index in [-0.39, 0.29) is 5.91 Å². The number of piperazine rings is 1. The minimum Gasteiger partial charge on any atom is -0.378 e. The number of amides is 1. The molecule has 3 aromatic rings. The van der Waals surface area contributed by atoms with Crippen molar-refractivity contribution in [2.45, 2.75) is 6.42 Å². The van der Waals surface area contributed by atoms with E-state index in [0.717, 1.165) is 80.5 Å². The SMILES string of the molecule is Cn1cc(CC(=O)N2CCN(c3cnnc(N4CCOCC4)c3)CC2)c2ccccc21. The molecule has 0 N–H and O–H groups in total. The van der Waals surface area contributed by atoms with Gasteiger partial charge in [-0.3, -0.25) is 4.79 Å². The number of benzene rings is 1. The zero-order valence-electron chi connectivity index (χ0n) is 17.9. The van der Waals surface area contributed by atoms with Gasteiger partial charge in [-0.2, -0.15) is 5.10 Å². The number of carbonyl (C=O) groups excluding carboxylic acids is 1. The van der Waals surface area contributed by atoms with Crippen molar-refractivity contribution in [2.24, 2.45) is 7.05 Å². The Bertz CT molecular complexity index is 1070. The van der Waals surface area contributed by atoms with Crippen LogP contribution in [0.15, 0.2) is 42.7 Å². The van der Waals surface area contributed by atoms with Crippen molar-refractivity contribution in [3.63, 3.8) is 0 Å². The number of hydrogen-bond donors (Lipinski definition) is 0. The normalized spacial score (nSPS) is 17.4. The minimum absolute atomic E-state index is 0.192. The number of rotatable bonds is 4. The lowest BCUT2D eigenvalue weighted by Gasteiger charge is -2.36. The van der Waals surface area contributed by atoms with Crippen LogP contribution >= 0.6 is 0 Å². The highest BCUT2D eigenvalue weighted by atomic mass is 16.5. The standard InChI is InChI=1S/C23H28N6O2/c1-26-17-18(20-4-2-3-5-21(20)26)14-23(30)29-8-6-27(7-9-29)19-15-22(25-24-16-19)28-10-12-31-13-11-28/h2-5,15-17H,6-14H2,1H3. The average molecular weight is 421 g/mol. The molecule has 2 fully saturated rings. The van der Waals surface area contributed by atoms with E-state index in [2.05, 4.69) is 49.0 Å². The first-order valence-electron chi connectivity index (χ1n) is 10.9. The van der Waals surface area contributed by atoms with Crippen LogP contribution in [0, 0.1) is 0 Å². The van der Waals surface area contributed by atoms with Crippen LogP contribution in [-0.4, -0.2) is 78.1 Å². The molecule has 1 aromatic carbocycles. The van der Waals surface area contributed by atoms with Crippen molar-refractivity contribution >= 4 is 28.3 Å². The molecule has 0 radical (unpaired) electrons. The quantitative estimate of drug-likeness (QED) is 0.640. The molecule has 0 saturated carbocycles. The molecule has 4 heterocycles. The molecule has 1 amide bonds. The largest absolute Gasteiger partial charge is 0.378 e. The lowest BCUT2D eigenvalue weighted by molar-refractivity contribution is -0.130. The van der Waals surface area contributed by atoms with E-state index in [1.807, 2.05) is 30.3 Å². The van der Waals surface area contributed by atoms with E-state index in [4.69, 9.17) is 4.74 Å². The number of aromatic nitrogens is 3. The molecule has 8 nitrogen and oxygen atoms in total. The number of nitrogens with zero attached hydrogens (tertiary/aromatic N) is 6. The van der Waals surface area contributed by atoms with Crippen LogP contribution in [0.3, 0.4) is 0 Å². The molecule has 31 heavy (non-hydrogen) atoms. The fourth-order valence-electron chi connectivity index (χ4n) is 4.52. The predicted molar refractivity (Wildman–Crippen MR) is 120 cm³/mol. The molecule has 2 aromatic heterocycles. The Hall–Kier alpha value is -3.13. The maximum absolute atomic E-state index is 13.0. The van der Waals surface area contributed by atoms with Crippen molar-refractivity contribution in [1.29, 1.82) is 0 Å². The fraction of sp³-hybridized carbons (Fsp3) is 0.435. The Kier molecular flexibility index (Phi) is 5.46. The van der Waals surface area contributed by atoms with Gasteiger partial charge in [-0.05, 0) is 11.6 Å². The van der Waals surface area contributed by atoms with Crippen molar-refractivity contribution in [1.82, 2.24) is 19.7 Å². The number of morpholine rings is 1. The summed E-state index contributed by atoms with van der Waals surface area (Å²) in [5, 5.41) is 9.68. The van der Waals surface area contributed by atoms with Crippen molar-refractivity contribution in [3.8, 4) is 0 Å². The zero-order valence-corrected chi connectivity index (χ0v) is 17.9. The van der Waals surface area contributed by atoms with Crippen LogP contribution in [0.5, 0.6) is 0 Å². The highest BCUT2D eigenvalue weighted by Gasteiger charge is 2.23. The highest BCUT2D eigenvalue weighted by Crippen LogP contribution is 2.23. The molecule has 0 spiro atoms. The second-order valence-corrected chi connectivity index (χ2v) is 8.20. The first-order valence-corrected chi connectivity index (χ1v) is 10.9. The van der Waals surface area contributed by atoms with Gasteiger partial charge in [0.2, 0.25) is 5.91 Å². The summed E-state index contributed by atoms with van der Waals surface area (Å²) in [6, 6.07) is 10.4. The second kappa shape index (κ2) is 8.55. The lowest BCUT2D eigenvalue weighted by atomic mass is 10.1. The smallest absolute Gasteiger partial charge is 0.227 e. The Balaban J connectivity index is 1.22. The Morgan fingerprint density at radius 2 is 1.81 bits per heavy atom. The van der Waals surface area contributed by atoms with Crippen molar-refractivity contribution < 1.29 is 9.53 Å². The third-order valence-corrected chi connectivity index (χ3v) is 6.28. The Morgan fingerprint density at radius 3 is 2.61 bits per heavy atom. The van der Waals surface area contributed by atoms with E-state index >= 15 is 0 Å². The highest BCUT2D eigenvalue weighted by molar-refractivity contribution is 5.89. The Labute approximate surface area is 182 Å². The van der Waals surface area contributed by atoms with Gasteiger partial charge in [0.1, 0.15) is 0 Å². The van der Waals surface area contributed by atoms with Gasteiger partial charge in [0.05, 0.1) is 31.5 Å². The molecule has 5 rings (SSSR count). The van der Waals surface area contributed by atoms with Crippen LogP contribution in [0.25, 0.3) is 10.9 Å². The van der Waals surface area contributed by atoms with Gasteiger partial charge in [-0.15, -0.1) is 5.10 Å². The molecule has 2 aliphatic heterocycles. The summed E-state index contributed by atoms with van der Waals surface area (Å²) in [4.78, 5) is 19.5. The van der Waals surface area contributed by atoms with Gasteiger partial charge in [-0.25, -0.2) is 0 Å². The van der Waals surface area contributed by atoms with Gasteiger partial charge in [0.15, 0.2) is 5.82 Å². The van der Waals surface area contributed by atoms with Crippen LogP contribution in [0.4, 0.5) is 11.5 Å². The van der Waals surface area contributed by atoms with E-state index in [1.54, 1.807) is 0 Å². The average Bonchev–Trinajstić information content (AvgIpc) is 3.15. The number of hydrogen-bond acceptors (Lipinski definition) is 6. The van der Waals surface area contributed by atoms with E-state index in [9.17, 15) is 4.79 Å². The minimum atomic E-state index is 0.192. The van der Waals surface area contributed by atoms with E-state index in [1.165, 1.54) is 0 Å². The number of aryl methyl sites for hydroxylation is 1. The number of para-hydroxylation sites is 1. The summed E-state index contributed by atoms with van der Waals surface area (Å²) in [6.07, 6.45) is 4.34. The van der Waals surface area contributed by atoms with Gasteiger partial charge < -0.3 is 24.0 Å². The second-order valence-electron chi connectivity index (χ2n) is 8.20. The summed E-state index contributed by atoms with van der Waals surface area (Å²) in [6.45, 7) is 6.18. The third-order valence-electron chi connectivity index (χ3n) is 6.28.